The predicted octanol–water partition coefficient (Wildman–Crippen LogP) is 4.76. The van der Waals surface area contributed by atoms with E-state index in [0.29, 0.717) is 22.6 Å². The van der Waals surface area contributed by atoms with Crippen molar-refractivity contribution in [1.82, 2.24) is 0 Å². The lowest BCUT2D eigenvalue weighted by Gasteiger charge is -2.35. The Labute approximate surface area is 145 Å². The maximum absolute atomic E-state index is 11.9. The normalized spacial score (nSPS) is 12.7. The van der Waals surface area contributed by atoms with Crippen LogP contribution in [0.3, 0.4) is 0 Å². The van der Waals surface area contributed by atoms with Gasteiger partial charge in [0.2, 0.25) is 5.75 Å². The standard InChI is InChI=1S/C19H28O4Si/c1-12(2)22-17-15(21-6)10-9-13-14(11-20)18(23-16(13)17)24(7,8)19(3,4)5/h9-12H,1-8H3. The van der Waals surface area contributed by atoms with Crippen LogP contribution in [-0.4, -0.2) is 27.6 Å². The molecule has 0 saturated carbocycles. The summed E-state index contributed by atoms with van der Waals surface area (Å²) in [7, 11) is -0.411. The van der Waals surface area contributed by atoms with E-state index >= 15 is 0 Å². The van der Waals surface area contributed by atoms with Crippen LogP contribution in [0.1, 0.15) is 45.0 Å². The Balaban J connectivity index is 2.83. The first-order valence-electron chi connectivity index (χ1n) is 8.30. The van der Waals surface area contributed by atoms with Gasteiger partial charge in [-0.1, -0.05) is 33.9 Å². The van der Waals surface area contributed by atoms with Crippen molar-refractivity contribution in [2.75, 3.05) is 7.11 Å². The molecule has 0 unspecified atom stereocenters. The van der Waals surface area contributed by atoms with Crippen molar-refractivity contribution >= 4 is 30.7 Å². The molecule has 0 radical (unpaired) electrons. The van der Waals surface area contributed by atoms with Gasteiger partial charge >= 0.3 is 0 Å². The Kier molecular flexibility index (Phi) is 4.86. The van der Waals surface area contributed by atoms with E-state index in [1.54, 1.807) is 7.11 Å². The maximum Gasteiger partial charge on any atom is 0.205 e. The Morgan fingerprint density at radius 2 is 1.83 bits per heavy atom. The number of benzene rings is 1. The summed E-state index contributed by atoms with van der Waals surface area (Å²) in [6, 6.07) is 3.71. The number of hydrogen-bond donors (Lipinski definition) is 0. The van der Waals surface area contributed by atoms with E-state index < -0.39 is 8.07 Å². The van der Waals surface area contributed by atoms with Crippen LogP contribution >= 0.6 is 0 Å². The van der Waals surface area contributed by atoms with Crippen LogP contribution in [0.15, 0.2) is 16.5 Å². The van der Waals surface area contributed by atoms with Crippen LogP contribution in [0.25, 0.3) is 11.0 Å². The highest BCUT2D eigenvalue weighted by Crippen LogP contribution is 2.41. The summed E-state index contributed by atoms with van der Waals surface area (Å²) in [6.07, 6.45) is 0.887. The molecule has 4 nitrogen and oxygen atoms in total. The van der Waals surface area contributed by atoms with Gasteiger partial charge in [0.15, 0.2) is 17.6 Å². The van der Waals surface area contributed by atoms with E-state index in [-0.39, 0.29) is 11.1 Å². The average molecular weight is 349 g/mol. The molecule has 1 heterocycles. The summed E-state index contributed by atoms with van der Waals surface area (Å²) < 4.78 is 17.7. The van der Waals surface area contributed by atoms with E-state index in [9.17, 15) is 4.79 Å². The number of ether oxygens (including phenoxy) is 2. The first-order chi connectivity index (χ1) is 11.0. The van der Waals surface area contributed by atoms with Gasteiger partial charge in [0, 0.05) is 5.39 Å². The molecule has 2 aromatic rings. The molecule has 0 amide bonds. The molecule has 0 atom stereocenters. The Hall–Kier alpha value is -1.75. The van der Waals surface area contributed by atoms with Crippen LogP contribution < -0.4 is 14.9 Å². The SMILES string of the molecule is COc1ccc2c(C=O)c([Si](C)(C)C(C)(C)C)oc2c1OC(C)C. The minimum absolute atomic E-state index is 0.0226. The van der Waals surface area contributed by atoms with Crippen molar-refractivity contribution in [3.05, 3.63) is 17.7 Å². The van der Waals surface area contributed by atoms with Gasteiger partial charge in [-0.15, -0.1) is 0 Å². The number of aldehydes is 1. The molecule has 24 heavy (non-hydrogen) atoms. The maximum atomic E-state index is 11.9. The molecule has 132 valence electrons. The zero-order chi connectivity index (χ0) is 18.3. The summed E-state index contributed by atoms with van der Waals surface area (Å²) in [5.41, 5.74) is 1.25. The van der Waals surface area contributed by atoms with Gasteiger partial charge in [-0.3, -0.25) is 4.79 Å². The van der Waals surface area contributed by atoms with Crippen LogP contribution in [0.5, 0.6) is 11.5 Å². The molecule has 0 aliphatic heterocycles. The third-order valence-electron chi connectivity index (χ3n) is 4.95. The van der Waals surface area contributed by atoms with Gasteiger partial charge in [0.1, 0.15) is 8.07 Å². The van der Waals surface area contributed by atoms with E-state index in [2.05, 4.69) is 33.9 Å². The Morgan fingerprint density at radius 1 is 1.21 bits per heavy atom. The smallest absolute Gasteiger partial charge is 0.205 e. The summed E-state index contributed by atoms with van der Waals surface area (Å²) in [4.78, 5) is 11.9. The minimum atomic E-state index is -2.01. The van der Waals surface area contributed by atoms with Gasteiger partial charge in [-0.2, -0.15) is 0 Å². The number of rotatable bonds is 5. The highest BCUT2D eigenvalue weighted by molar-refractivity contribution is 6.92. The monoisotopic (exact) mass is 348 g/mol. The second-order valence-corrected chi connectivity index (χ2v) is 13.2. The quantitative estimate of drug-likeness (QED) is 0.577. The van der Waals surface area contributed by atoms with Crippen molar-refractivity contribution in [1.29, 1.82) is 0 Å². The Bertz CT molecular complexity index is 751. The van der Waals surface area contributed by atoms with Gasteiger partial charge in [-0.05, 0) is 31.0 Å². The molecular weight excluding hydrogens is 320 g/mol. The van der Waals surface area contributed by atoms with E-state index in [0.717, 1.165) is 17.1 Å². The first-order valence-corrected chi connectivity index (χ1v) is 11.3. The van der Waals surface area contributed by atoms with Crippen molar-refractivity contribution in [2.24, 2.45) is 0 Å². The molecule has 0 aliphatic rings. The number of furan rings is 1. The molecule has 1 aromatic carbocycles. The summed E-state index contributed by atoms with van der Waals surface area (Å²) in [5, 5.41) is 1.67. The molecule has 1 aromatic heterocycles. The molecule has 2 rings (SSSR count). The number of carbonyl (C=O) groups excluding carboxylic acids is 1. The average Bonchev–Trinajstić information content (AvgIpc) is 2.85. The molecule has 5 heteroatoms. The van der Waals surface area contributed by atoms with Gasteiger partial charge in [-0.25, -0.2) is 0 Å². The van der Waals surface area contributed by atoms with Crippen LogP contribution in [0, 0.1) is 0 Å². The van der Waals surface area contributed by atoms with Crippen molar-refractivity contribution < 1.29 is 18.7 Å². The van der Waals surface area contributed by atoms with Crippen LogP contribution in [-0.2, 0) is 0 Å². The second kappa shape index (κ2) is 6.28. The van der Waals surface area contributed by atoms with Gasteiger partial charge in [0.25, 0.3) is 0 Å². The first kappa shape index (κ1) is 18.6. The van der Waals surface area contributed by atoms with E-state index in [1.165, 1.54) is 0 Å². The third kappa shape index (κ3) is 2.97. The fraction of sp³-hybridized carbons (Fsp3) is 0.526. The van der Waals surface area contributed by atoms with Gasteiger partial charge < -0.3 is 13.9 Å². The zero-order valence-electron chi connectivity index (χ0n) is 15.9. The largest absolute Gasteiger partial charge is 0.493 e. The van der Waals surface area contributed by atoms with Crippen LogP contribution in [0.2, 0.25) is 18.1 Å². The molecule has 0 aliphatic carbocycles. The zero-order valence-corrected chi connectivity index (χ0v) is 16.9. The second-order valence-electron chi connectivity index (χ2n) is 7.98. The van der Waals surface area contributed by atoms with Crippen molar-refractivity contribution in [2.45, 2.75) is 58.9 Å². The molecule has 0 N–H and O–H groups in total. The fourth-order valence-electron chi connectivity index (χ4n) is 2.57. The summed E-state index contributed by atoms with van der Waals surface area (Å²) in [5.74, 6) is 1.18. The van der Waals surface area contributed by atoms with Crippen LogP contribution in [0.4, 0.5) is 0 Å². The lowest BCUT2D eigenvalue weighted by molar-refractivity contribution is 0.112. The summed E-state index contributed by atoms with van der Waals surface area (Å²) >= 11 is 0. The lowest BCUT2D eigenvalue weighted by atomic mass is 10.1. The third-order valence-corrected chi connectivity index (χ3v) is 10.2. The number of fused-ring (bicyclic) bond motifs is 1. The number of hydrogen-bond acceptors (Lipinski definition) is 4. The lowest BCUT2D eigenvalue weighted by Crippen LogP contribution is -2.50. The number of carbonyl (C=O) groups is 1. The molecule has 0 spiro atoms. The topological polar surface area (TPSA) is 48.7 Å². The highest BCUT2D eigenvalue weighted by atomic mass is 28.3. The molecular formula is C19H28O4Si. The minimum Gasteiger partial charge on any atom is -0.493 e. The molecule has 0 bridgehead atoms. The van der Waals surface area contributed by atoms with Crippen molar-refractivity contribution in [3.8, 4) is 11.5 Å². The summed E-state index contributed by atoms with van der Waals surface area (Å²) in [6.45, 7) is 15.0. The fourth-order valence-corrected chi connectivity index (χ4v) is 4.47. The van der Waals surface area contributed by atoms with E-state index in [1.807, 2.05) is 26.0 Å². The Morgan fingerprint density at radius 3 is 2.29 bits per heavy atom. The molecule has 0 fully saturated rings. The predicted molar refractivity (Wildman–Crippen MR) is 101 cm³/mol. The number of methoxy groups -OCH3 is 1. The molecule has 0 saturated heterocycles. The van der Waals surface area contributed by atoms with Crippen molar-refractivity contribution in [3.63, 3.8) is 0 Å². The highest BCUT2D eigenvalue weighted by Gasteiger charge is 2.42. The van der Waals surface area contributed by atoms with E-state index in [4.69, 9.17) is 13.9 Å². The van der Waals surface area contributed by atoms with Gasteiger partial charge in [0.05, 0.1) is 24.2 Å².